The van der Waals surface area contributed by atoms with Gasteiger partial charge in [-0.05, 0) is 79.4 Å². The number of carbonyl (C=O) groups is 2. The molecule has 3 rings (SSSR count). The van der Waals surface area contributed by atoms with Crippen molar-refractivity contribution in [1.29, 1.82) is 5.26 Å². The molecule has 3 aromatic rings. The van der Waals surface area contributed by atoms with E-state index >= 15 is 0 Å². The molecule has 3 aromatic carbocycles. The molecule has 0 aliphatic carbocycles. The third kappa shape index (κ3) is 21.1. The molecule has 0 heterocycles. The van der Waals surface area contributed by atoms with Gasteiger partial charge in [-0.2, -0.15) is 5.26 Å². The summed E-state index contributed by atoms with van der Waals surface area (Å²) in [6, 6.07) is 19.1. The van der Waals surface area contributed by atoms with Crippen LogP contribution in [0.5, 0.6) is 23.0 Å². The van der Waals surface area contributed by atoms with Gasteiger partial charge in [0.25, 0.3) is 0 Å². The lowest BCUT2D eigenvalue weighted by Gasteiger charge is -2.19. The first-order chi connectivity index (χ1) is 29.5. The van der Waals surface area contributed by atoms with Gasteiger partial charge in [-0.3, -0.25) is 4.79 Å². The van der Waals surface area contributed by atoms with Crippen LogP contribution in [-0.4, -0.2) is 31.6 Å². The molecule has 328 valence electrons. The average Bonchev–Trinajstić information content (AvgIpc) is 3.27. The highest BCUT2D eigenvalue weighted by molar-refractivity contribution is 6.06. The second-order valence-corrected chi connectivity index (χ2v) is 16.1. The van der Waals surface area contributed by atoms with Crippen LogP contribution < -0.4 is 18.9 Å². The van der Waals surface area contributed by atoms with E-state index in [0.717, 1.165) is 44.1 Å². The molecule has 0 aromatic heterocycles. The monoisotopic (exact) mass is 822 g/mol. The molecule has 60 heavy (non-hydrogen) atoms. The summed E-state index contributed by atoms with van der Waals surface area (Å²) < 4.78 is 25.2. The minimum Gasteiger partial charge on any atom is -0.490 e. The summed E-state index contributed by atoms with van der Waals surface area (Å²) in [4.78, 5) is 26.4. The van der Waals surface area contributed by atoms with Gasteiger partial charge < -0.3 is 18.9 Å². The number of nitriles is 1. The molecule has 0 spiro atoms. The van der Waals surface area contributed by atoms with Gasteiger partial charge in [0, 0.05) is 5.56 Å². The largest absolute Gasteiger partial charge is 0.490 e. The molecule has 0 fully saturated rings. The Morgan fingerprint density at radius 2 is 0.933 bits per heavy atom. The number of hydrogen-bond acceptors (Lipinski definition) is 7. The number of ketones is 1. The highest BCUT2D eigenvalue weighted by atomic mass is 16.5. The maximum absolute atomic E-state index is 13.8. The van der Waals surface area contributed by atoms with Crippen LogP contribution >= 0.6 is 0 Å². The smallest absolute Gasteiger partial charge is 0.343 e. The molecule has 7 nitrogen and oxygen atoms in total. The first kappa shape index (κ1) is 49.8. The van der Waals surface area contributed by atoms with Crippen molar-refractivity contribution in [3.8, 4) is 29.1 Å². The van der Waals surface area contributed by atoms with Crippen LogP contribution in [-0.2, 0) is 0 Å². The molecular weight excluding hydrogens is 747 g/mol. The minimum absolute atomic E-state index is 0.166. The van der Waals surface area contributed by atoms with Crippen molar-refractivity contribution in [2.75, 3.05) is 19.8 Å². The summed E-state index contributed by atoms with van der Waals surface area (Å²) in [6.07, 6.45) is 32.1. The van der Waals surface area contributed by atoms with Gasteiger partial charge in [0.1, 0.15) is 5.75 Å². The third-order valence-corrected chi connectivity index (χ3v) is 10.8. The fourth-order valence-corrected chi connectivity index (χ4v) is 7.09. The summed E-state index contributed by atoms with van der Waals surface area (Å²) in [5, 5.41) is 9.03. The first-order valence-corrected chi connectivity index (χ1v) is 23.6. The predicted molar refractivity (Wildman–Crippen MR) is 247 cm³/mol. The van der Waals surface area contributed by atoms with Gasteiger partial charge >= 0.3 is 5.97 Å². The Bertz CT molecular complexity index is 1630. The molecule has 0 amide bonds. The van der Waals surface area contributed by atoms with Crippen LogP contribution in [0.3, 0.4) is 0 Å². The number of hydrogen-bond donors (Lipinski definition) is 0. The van der Waals surface area contributed by atoms with Gasteiger partial charge in [-0.1, -0.05) is 174 Å². The maximum Gasteiger partial charge on any atom is 0.343 e. The molecule has 0 aliphatic rings. The van der Waals surface area contributed by atoms with E-state index < -0.39 is 5.97 Å². The lowest BCUT2D eigenvalue weighted by atomic mass is 10.1. The van der Waals surface area contributed by atoms with Crippen molar-refractivity contribution in [2.24, 2.45) is 0 Å². The number of unbranched alkanes of at least 4 members (excludes halogenated alkanes) is 21. The second kappa shape index (κ2) is 32.2. The molecule has 0 saturated carbocycles. The minimum atomic E-state index is -0.516. The van der Waals surface area contributed by atoms with E-state index in [1.165, 1.54) is 122 Å². The Kier molecular flexibility index (Phi) is 26.7. The topological polar surface area (TPSA) is 94.9 Å². The van der Waals surface area contributed by atoms with Crippen molar-refractivity contribution in [1.82, 2.24) is 0 Å². The van der Waals surface area contributed by atoms with Gasteiger partial charge in [0.05, 0.1) is 37.0 Å². The fraction of sp³-hybridized carbons (Fsp3) is 0.566. The quantitative estimate of drug-likeness (QED) is 0.0192. The summed E-state index contributed by atoms with van der Waals surface area (Å²) in [7, 11) is 0. The molecule has 0 unspecified atom stereocenters. The summed E-state index contributed by atoms with van der Waals surface area (Å²) in [6.45, 7) is 8.36. The normalized spacial score (nSPS) is 11.1. The Morgan fingerprint density at radius 3 is 1.37 bits per heavy atom. The molecule has 0 saturated heterocycles. The van der Waals surface area contributed by atoms with Crippen LogP contribution in [0, 0.1) is 11.3 Å². The highest BCUT2D eigenvalue weighted by Crippen LogP contribution is 2.40. The predicted octanol–water partition coefficient (Wildman–Crippen LogP) is 15.2. The zero-order chi connectivity index (χ0) is 42.9. The zero-order valence-corrected chi connectivity index (χ0v) is 37.4. The molecular formula is C53H75NO6. The average molecular weight is 822 g/mol. The van der Waals surface area contributed by atoms with Crippen LogP contribution in [0.25, 0.3) is 6.08 Å². The lowest BCUT2D eigenvalue weighted by molar-refractivity contribution is 0.0733. The van der Waals surface area contributed by atoms with E-state index in [4.69, 9.17) is 24.2 Å². The van der Waals surface area contributed by atoms with E-state index in [1.54, 1.807) is 66.7 Å². The van der Waals surface area contributed by atoms with Crippen molar-refractivity contribution in [3.05, 3.63) is 89.0 Å². The Balaban J connectivity index is 1.73. The fourth-order valence-electron chi connectivity index (χ4n) is 7.09. The number of rotatable bonds is 35. The molecule has 0 atom stereocenters. The number of allylic oxidation sites excluding steroid dienone is 1. The molecule has 0 N–H and O–H groups in total. The van der Waals surface area contributed by atoms with Crippen LogP contribution in [0.1, 0.15) is 207 Å². The summed E-state index contributed by atoms with van der Waals surface area (Å²) in [5.41, 5.74) is 2.12. The van der Waals surface area contributed by atoms with Crippen LogP contribution in [0.15, 0.2) is 66.7 Å². The lowest BCUT2D eigenvalue weighted by Crippen LogP contribution is -2.12. The molecule has 0 bridgehead atoms. The van der Waals surface area contributed by atoms with E-state index in [-0.39, 0.29) is 5.78 Å². The summed E-state index contributed by atoms with van der Waals surface area (Å²) >= 11 is 0. The third-order valence-electron chi connectivity index (χ3n) is 10.8. The SMILES string of the molecule is CCCCCCCCCCOc1cc(C(=O)Oc2ccc(/C=C/C(=O)c3ccc(C#N)cc3)cc2)cc(OCCCCCCCCCC)c1OCCCCCCCCCC. The van der Waals surface area contributed by atoms with Crippen LogP contribution in [0.4, 0.5) is 0 Å². The van der Waals surface area contributed by atoms with Crippen molar-refractivity contribution >= 4 is 17.8 Å². The molecule has 0 aliphatic heterocycles. The Hall–Kier alpha value is -4.57. The van der Waals surface area contributed by atoms with E-state index in [9.17, 15) is 9.59 Å². The van der Waals surface area contributed by atoms with E-state index in [0.29, 0.717) is 59.5 Å². The van der Waals surface area contributed by atoms with Gasteiger partial charge in [-0.25, -0.2) is 4.79 Å². The maximum atomic E-state index is 13.8. The van der Waals surface area contributed by atoms with Crippen LogP contribution in [0.2, 0.25) is 0 Å². The number of ether oxygens (including phenoxy) is 4. The number of esters is 1. The van der Waals surface area contributed by atoms with Gasteiger partial charge in [0.15, 0.2) is 17.3 Å². The van der Waals surface area contributed by atoms with Gasteiger partial charge in [0.2, 0.25) is 5.75 Å². The standard InChI is InChI=1S/C53H75NO6/c1-4-7-10-13-16-19-22-25-38-57-50-41-47(53(56)60-48-35-30-44(31-36-48)32-37-49(55)46-33-28-45(43-54)29-34-46)42-51(58-39-26-23-20-17-14-11-8-5-2)52(50)59-40-27-24-21-18-15-12-9-6-3/h28-37,41-42H,4-27,38-40H2,1-3H3/b37-32+. The Labute approximate surface area is 363 Å². The first-order valence-electron chi connectivity index (χ1n) is 23.6. The summed E-state index contributed by atoms with van der Waals surface area (Å²) in [5.74, 6) is 1.31. The van der Waals surface area contributed by atoms with Crippen molar-refractivity contribution in [3.63, 3.8) is 0 Å². The number of nitrogens with zero attached hydrogens (tertiary/aromatic N) is 1. The second-order valence-electron chi connectivity index (χ2n) is 16.1. The zero-order valence-electron chi connectivity index (χ0n) is 37.4. The number of carbonyl (C=O) groups excluding carboxylic acids is 2. The molecule has 0 radical (unpaired) electrons. The van der Waals surface area contributed by atoms with Crippen molar-refractivity contribution < 1.29 is 28.5 Å². The van der Waals surface area contributed by atoms with Crippen molar-refractivity contribution in [2.45, 2.75) is 175 Å². The molecule has 7 heteroatoms. The number of benzene rings is 3. The van der Waals surface area contributed by atoms with E-state index in [1.807, 2.05) is 0 Å². The van der Waals surface area contributed by atoms with Gasteiger partial charge in [-0.15, -0.1) is 0 Å². The highest BCUT2D eigenvalue weighted by Gasteiger charge is 2.21. The Morgan fingerprint density at radius 1 is 0.517 bits per heavy atom. The van der Waals surface area contributed by atoms with E-state index in [2.05, 4.69) is 26.8 Å².